The summed E-state index contributed by atoms with van der Waals surface area (Å²) >= 11 is 1.82. The Morgan fingerprint density at radius 3 is 1.77 bits per heavy atom. The molecule has 40 heavy (non-hydrogen) atoms. The van der Waals surface area contributed by atoms with Gasteiger partial charge in [-0.15, -0.1) is 11.3 Å². The summed E-state index contributed by atoms with van der Waals surface area (Å²) in [5.74, 6) is 0. The van der Waals surface area contributed by atoms with Gasteiger partial charge in [0.05, 0.1) is 16.8 Å². The van der Waals surface area contributed by atoms with Crippen molar-refractivity contribution in [3.05, 3.63) is 114 Å². The molecule has 1 aromatic heterocycles. The number of thiophene rings is 1. The zero-order chi connectivity index (χ0) is 27.6. The van der Waals surface area contributed by atoms with Crippen LogP contribution < -0.4 is 4.90 Å². The predicted molar refractivity (Wildman–Crippen MR) is 169 cm³/mol. The standard InChI is InChI=1S/C36H27N3S/c1-3-39(4-2)35-32(22-37)30(24-11-6-5-7-12-24)21-31(33(35)23-38)26-19-17-25(18-20-26)27-14-10-15-29-28-13-8-9-16-34(28)40-36(27)29/h5-21H,3-4H2,1-2H3. The smallest absolute Gasteiger partial charge is 0.102 e. The first-order valence-electron chi connectivity index (χ1n) is 13.5. The second kappa shape index (κ2) is 10.7. The number of rotatable bonds is 6. The van der Waals surface area contributed by atoms with E-state index in [9.17, 15) is 10.5 Å². The molecule has 3 nitrogen and oxygen atoms in total. The first-order valence-corrected chi connectivity index (χ1v) is 14.3. The minimum atomic E-state index is 0.541. The fourth-order valence-electron chi connectivity index (χ4n) is 5.63. The van der Waals surface area contributed by atoms with Gasteiger partial charge in [-0.1, -0.05) is 91.0 Å². The molecule has 0 aliphatic rings. The second-order valence-corrected chi connectivity index (χ2v) is 10.7. The van der Waals surface area contributed by atoms with Crippen LogP contribution in [0.2, 0.25) is 0 Å². The molecule has 0 bridgehead atoms. The third-order valence-corrected chi connectivity index (χ3v) is 8.82. The van der Waals surface area contributed by atoms with Gasteiger partial charge in [0, 0.05) is 44.4 Å². The Bertz CT molecular complexity index is 1930. The number of nitrogens with zero attached hydrogens (tertiary/aromatic N) is 3. The van der Waals surface area contributed by atoms with Crippen molar-refractivity contribution >= 4 is 37.2 Å². The van der Waals surface area contributed by atoms with E-state index < -0.39 is 0 Å². The lowest BCUT2D eigenvalue weighted by atomic mass is 9.88. The van der Waals surface area contributed by atoms with Gasteiger partial charge in [0.2, 0.25) is 0 Å². The molecule has 4 heteroatoms. The first kappa shape index (κ1) is 25.4. The van der Waals surface area contributed by atoms with E-state index in [1.54, 1.807) is 0 Å². The number of benzene rings is 5. The van der Waals surface area contributed by atoms with Crippen molar-refractivity contribution in [2.24, 2.45) is 0 Å². The van der Waals surface area contributed by atoms with E-state index in [0.717, 1.165) is 27.8 Å². The molecule has 0 saturated carbocycles. The van der Waals surface area contributed by atoms with Gasteiger partial charge >= 0.3 is 0 Å². The van der Waals surface area contributed by atoms with Crippen LogP contribution in [-0.2, 0) is 0 Å². The molecule has 0 spiro atoms. The lowest BCUT2D eigenvalue weighted by Gasteiger charge is -2.26. The number of fused-ring (bicyclic) bond motifs is 3. The number of anilines is 1. The van der Waals surface area contributed by atoms with Crippen LogP contribution in [0, 0.1) is 22.7 Å². The molecule has 0 fully saturated rings. The molecule has 0 aliphatic carbocycles. The quantitative estimate of drug-likeness (QED) is 0.214. The molecule has 0 radical (unpaired) electrons. The Morgan fingerprint density at radius 1 is 0.600 bits per heavy atom. The highest BCUT2D eigenvalue weighted by molar-refractivity contribution is 7.26. The molecular weight excluding hydrogens is 506 g/mol. The van der Waals surface area contributed by atoms with E-state index in [1.807, 2.05) is 47.7 Å². The largest absolute Gasteiger partial charge is 0.370 e. The third-order valence-electron chi connectivity index (χ3n) is 7.60. The highest BCUT2D eigenvalue weighted by Gasteiger charge is 2.23. The highest BCUT2D eigenvalue weighted by atomic mass is 32.1. The van der Waals surface area contributed by atoms with Crippen molar-refractivity contribution in [1.29, 1.82) is 10.5 Å². The van der Waals surface area contributed by atoms with Crippen molar-refractivity contribution in [2.45, 2.75) is 13.8 Å². The normalized spacial score (nSPS) is 10.9. The fourth-order valence-corrected chi connectivity index (χ4v) is 6.87. The monoisotopic (exact) mass is 533 g/mol. The molecule has 0 amide bonds. The van der Waals surface area contributed by atoms with Gasteiger partial charge in [0.25, 0.3) is 0 Å². The van der Waals surface area contributed by atoms with Crippen LogP contribution >= 0.6 is 11.3 Å². The maximum absolute atomic E-state index is 10.4. The average molecular weight is 534 g/mol. The van der Waals surface area contributed by atoms with Gasteiger partial charge in [-0.3, -0.25) is 0 Å². The molecular formula is C36H27N3S. The molecule has 192 valence electrons. The Balaban J connectivity index is 1.54. The maximum atomic E-state index is 10.4. The van der Waals surface area contributed by atoms with E-state index in [2.05, 4.69) is 97.6 Å². The average Bonchev–Trinajstić information content (AvgIpc) is 3.40. The summed E-state index contributed by atoms with van der Waals surface area (Å²) in [5, 5.41) is 23.3. The highest BCUT2D eigenvalue weighted by Crippen LogP contribution is 2.42. The molecule has 0 unspecified atom stereocenters. The van der Waals surface area contributed by atoms with Gasteiger partial charge in [-0.2, -0.15) is 10.5 Å². The summed E-state index contributed by atoms with van der Waals surface area (Å²) in [6, 6.07) is 40.4. The lowest BCUT2D eigenvalue weighted by molar-refractivity contribution is 0.863. The van der Waals surface area contributed by atoms with Crippen LogP contribution in [0.1, 0.15) is 25.0 Å². The maximum Gasteiger partial charge on any atom is 0.102 e. The van der Waals surface area contributed by atoms with Crippen LogP contribution in [0.25, 0.3) is 53.6 Å². The van der Waals surface area contributed by atoms with Crippen molar-refractivity contribution in [1.82, 2.24) is 0 Å². The van der Waals surface area contributed by atoms with E-state index in [1.165, 1.54) is 25.7 Å². The lowest BCUT2D eigenvalue weighted by Crippen LogP contribution is -2.24. The van der Waals surface area contributed by atoms with Crippen molar-refractivity contribution < 1.29 is 0 Å². The minimum Gasteiger partial charge on any atom is -0.370 e. The van der Waals surface area contributed by atoms with Crippen LogP contribution in [0.3, 0.4) is 0 Å². The Kier molecular flexibility index (Phi) is 6.79. The van der Waals surface area contributed by atoms with E-state index in [0.29, 0.717) is 29.9 Å². The van der Waals surface area contributed by atoms with Gasteiger partial charge in [0.1, 0.15) is 12.1 Å². The van der Waals surface area contributed by atoms with Crippen LogP contribution in [0.4, 0.5) is 5.69 Å². The molecule has 0 saturated heterocycles. The summed E-state index contributed by atoms with van der Waals surface area (Å²) in [6.45, 7) is 5.53. The van der Waals surface area contributed by atoms with Gasteiger partial charge < -0.3 is 4.90 Å². The van der Waals surface area contributed by atoms with Crippen molar-refractivity contribution in [3.8, 4) is 45.5 Å². The minimum absolute atomic E-state index is 0.541. The van der Waals surface area contributed by atoms with Crippen LogP contribution in [-0.4, -0.2) is 13.1 Å². The van der Waals surface area contributed by atoms with Gasteiger partial charge in [-0.05, 0) is 48.2 Å². The Morgan fingerprint density at radius 2 is 1.15 bits per heavy atom. The number of nitriles is 2. The Labute approximate surface area is 238 Å². The van der Waals surface area contributed by atoms with Gasteiger partial charge in [-0.25, -0.2) is 0 Å². The zero-order valence-corrected chi connectivity index (χ0v) is 23.3. The summed E-state index contributed by atoms with van der Waals surface area (Å²) < 4.78 is 2.57. The summed E-state index contributed by atoms with van der Waals surface area (Å²) in [6.07, 6.45) is 0. The topological polar surface area (TPSA) is 50.8 Å². The second-order valence-electron chi connectivity index (χ2n) is 9.69. The molecule has 0 N–H and O–H groups in total. The van der Waals surface area contributed by atoms with Gasteiger partial charge in [0.15, 0.2) is 0 Å². The molecule has 0 atom stereocenters. The predicted octanol–water partition coefficient (Wildman–Crippen LogP) is 9.65. The molecule has 0 aliphatic heterocycles. The summed E-state index contributed by atoms with van der Waals surface area (Å²) in [4.78, 5) is 2.11. The van der Waals surface area contributed by atoms with Crippen LogP contribution in [0.5, 0.6) is 0 Å². The molecule has 5 aromatic carbocycles. The summed E-state index contributed by atoms with van der Waals surface area (Å²) in [5.41, 5.74) is 7.75. The SMILES string of the molecule is CCN(CC)c1c(C#N)c(-c2ccccc2)cc(-c2ccc(-c3cccc4c3sc3ccccc34)cc2)c1C#N. The van der Waals surface area contributed by atoms with E-state index in [-0.39, 0.29) is 0 Å². The Hall–Kier alpha value is -4.90. The first-order chi connectivity index (χ1) is 19.7. The molecule has 1 heterocycles. The molecule has 6 aromatic rings. The van der Waals surface area contributed by atoms with Crippen molar-refractivity contribution in [2.75, 3.05) is 18.0 Å². The van der Waals surface area contributed by atoms with Crippen molar-refractivity contribution in [3.63, 3.8) is 0 Å². The summed E-state index contributed by atoms with van der Waals surface area (Å²) in [7, 11) is 0. The number of hydrogen-bond donors (Lipinski definition) is 0. The van der Waals surface area contributed by atoms with E-state index in [4.69, 9.17) is 0 Å². The third kappa shape index (κ3) is 4.20. The van der Waals surface area contributed by atoms with Crippen LogP contribution in [0.15, 0.2) is 103 Å². The molecule has 6 rings (SSSR count). The van der Waals surface area contributed by atoms with E-state index >= 15 is 0 Å². The number of hydrogen-bond acceptors (Lipinski definition) is 4. The fraction of sp³-hybridized carbons (Fsp3) is 0.111. The zero-order valence-electron chi connectivity index (χ0n) is 22.5.